The number of benzene rings is 2. The number of hydrogen-bond acceptors (Lipinski definition) is 5. The lowest BCUT2D eigenvalue weighted by molar-refractivity contribution is 0.0697. The Hall–Kier alpha value is -3.53. The highest BCUT2D eigenvalue weighted by Gasteiger charge is 2.14. The lowest BCUT2D eigenvalue weighted by Crippen LogP contribution is -2.06. The molecule has 0 spiro atoms. The van der Waals surface area contributed by atoms with E-state index in [9.17, 15) is 9.90 Å². The topological polar surface area (TPSA) is 105 Å². The quantitative estimate of drug-likeness (QED) is 0.790. The molecule has 0 radical (unpaired) electrons. The van der Waals surface area contributed by atoms with E-state index in [2.05, 4.69) is 21.6 Å². The molecule has 0 atom stereocenters. The first-order valence-electron chi connectivity index (χ1n) is 6.30. The minimum absolute atomic E-state index is 0.0761. The molecule has 1 heterocycles. The van der Waals surface area contributed by atoms with Gasteiger partial charge in [-0.1, -0.05) is 18.2 Å². The molecule has 0 saturated carbocycles. The lowest BCUT2D eigenvalue weighted by atomic mass is 10.0. The number of nitriles is 1. The maximum atomic E-state index is 11.5. The fourth-order valence-electron chi connectivity index (χ4n) is 2.13. The highest BCUT2D eigenvalue weighted by molar-refractivity contribution is 5.93. The van der Waals surface area contributed by atoms with Gasteiger partial charge in [-0.05, 0) is 45.8 Å². The summed E-state index contributed by atoms with van der Waals surface area (Å²) >= 11 is 0. The molecule has 0 aliphatic rings. The molecular weight excluding hydrogens is 282 g/mol. The standard InChI is InChI=1S/C15H9N5O2/c16-8-10-2-1-3-11(6-10)12-4-5-14(13(7-12)15(21)22)20-9-17-18-19-20/h1-7,9H,(H,21,22). The van der Waals surface area contributed by atoms with Crippen molar-refractivity contribution in [3.8, 4) is 22.9 Å². The summed E-state index contributed by atoms with van der Waals surface area (Å²) in [4.78, 5) is 11.5. The molecule has 7 nitrogen and oxygen atoms in total. The SMILES string of the molecule is N#Cc1cccc(-c2ccc(-n3cnnn3)c(C(=O)O)c2)c1. The molecule has 3 rings (SSSR count). The smallest absolute Gasteiger partial charge is 0.337 e. The van der Waals surface area contributed by atoms with E-state index in [0.717, 1.165) is 5.56 Å². The molecule has 0 aliphatic carbocycles. The van der Waals surface area contributed by atoms with Crippen LogP contribution in [0.3, 0.4) is 0 Å². The van der Waals surface area contributed by atoms with Crippen LogP contribution in [0.5, 0.6) is 0 Å². The highest BCUT2D eigenvalue weighted by atomic mass is 16.4. The van der Waals surface area contributed by atoms with Gasteiger partial charge in [0.1, 0.15) is 6.33 Å². The minimum atomic E-state index is -1.08. The van der Waals surface area contributed by atoms with Crippen LogP contribution in [0, 0.1) is 11.3 Å². The molecule has 0 unspecified atom stereocenters. The van der Waals surface area contributed by atoms with Gasteiger partial charge in [0, 0.05) is 0 Å². The van der Waals surface area contributed by atoms with Crippen molar-refractivity contribution < 1.29 is 9.90 Å². The Labute approximate surface area is 125 Å². The number of carboxylic acids is 1. The molecule has 3 aromatic rings. The van der Waals surface area contributed by atoms with Crippen molar-refractivity contribution in [1.29, 1.82) is 5.26 Å². The highest BCUT2D eigenvalue weighted by Crippen LogP contribution is 2.25. The molecule has 0 saturated heterocycles. The number of aromatic carboxylic acids is 1. The summed E-state index contributed by atoms with van der Waals surface area (Å²) in [6, 6.07) is 14.0. The van der Waals surface area contributed by atoms with Crippen LogP contribution < -0.4 is 0 Å². The van der Waals surface area contributed by atoms with Crippen LogP contribution in [0.15, 0.2) is 48.8 Å². The van der Waals surface area contributed by atoms with Gasteiger partial charge in [0.25, 0.3) is 0 Å². The summed E-state index contributed by atoms with van der Waals surface area (Å²) in [6.07, 6.45) is 1.33. The third-order valence-corrected chi connectivity index (χ3v) is 3.15. The van der Waals surface area contributed by atoms with Crippen molar-refractivity contribution in [2.45, 2.75) is 0 Å². The van der Waals surface area contributed by atoms with Crippen molar-refractivity contribution >= 4 is 5.97 Å². The molecule has 0 aliphatic heterocycles. The second-order valence-electron chi connectivity index (χ2n) is 4.48. The van der Waals surface area contributed by atoms with Crippen LogP contribution in [0.25, 0.3) is 16.8 Å². The maximum Gasteiger partial charge on any atom is 0.337 e. The Morgan fingerprint density at radius 2 is 2.00 bits per heavy atom. The fourth-order valence-corrected chi connectivity index (χ4v) is 2.13. The van der Waals surface area contributed by atoms with Gasteiger partial charge in [-0.3, -0.25) is 0 Å². The number of tetrazole rings is 1. The average Bonchev–Trinajstić information content (AvgIpc) is 3.08. The van der Waals surface area contributed by atoms with Crippen LogP contribution >= 0.6 is 0 Å². The first-order chi connectivity index (χ1) is 10.7. The molecule has 2 aromatic carbocycles. The molecule has 22 heavy (non-hydrogen) atoms. The molecule has 0 bridgehead atoms. The summed E-state index contributed by atoms with van der Waals surface area (Å²) in [5, 5.41) is 29.1. The van der Waals surface area contributed by atoms with E-state index in [1.54, 1.807) is 30.3 Å². The van der Waals surface area contributed by atoms with Crippen LogP contribution in [0.4, 0.5) is 0 Å². The largest absolute Gasteiger partial charge is 0.478 e. The van der Waals surface area contributed by atoms with Gasteiger partial charge in [-0.15, -0.1) is 5.10 Å². The van der Waals surface area contributed by atoms with Gasteiger partial charge in [-0.2, -0.15) is 9.94 Å². The monoisotopic (exact) mass is 291 g/mol. The first kappa shape index (κ1) is 13.5. The van der Waals surface area contributed by atoms with E-state index < -0.39 is 5.97 Å². The number of rotatable bonds is 3. The normalized spacial score (nSPS) is 10.1. The van der Waals surface area contributed by atoms with Crippen LogP contribution in [0.2, 0.25) is 0 Å². The summed E-state index contributed by atoms with van der Waals surface area (Å²) in [5.41, 5.74) is 2.43. The predicted octanol–water partition coefficient (Wildman–Crippen LogP) is 1.90. The number of carboxylic acid groups (broad SMARTS) is 1. The van der Waals surface area contributed by atoms with Crippen molar-refractivity contribution in [1.82, 2.24) is 20.2 Å². The van der Waals surface area contributed by atoms with Crippen LogP contribution in [-0.2, 0) is 0 Å². The Balaban J connectivity index is 2.14. The van der Waals surface area contributed by atoms with Crippen molar-refractivity contribution in [2.24, 2.45) is 0 Å². The molecule has 0 fully saturated rings. The Morgan fingerprint density at radius 3 is 2.68 bits per heavy atom. The number of aromatic nitrogens is 4. The van der Waals surface area contributed by atoms with E-state index in [1.165, 1.54) is 17.1 Å². The lowest BCUT2D eigenvalue weighted by Gasteiger charge is -2.08. The fraction of sp³-hybridized carbons (Fsp3) is 0. The molecule has 0 amide bonds. The van der Waals surface area contributed by atoms with Gasteiger partial charge < -0.3 is 5.11 Å². The third-order valence-electron chi connectivity index (χ3n) is 3.15. The van der Waals surface area contributed by atoms with Gasteiger partial charge in [0.2, 0.25) is 0 Å². The van der Waals surface area contributed by atoms with E-state index in [0.29, 0.717) is 16.8 Å². The predicted molar refractivity (Wildman–Crippen MR) is 76.3 cm³/mol. The number of hydrogen-bond donors (Lipinski definition) is 1. The summed E-state index contributed by atoms with van der Waals surface area (Å²) < 4.78 is 1.29. The first-order valence-corrected chi connectivity index (χ1v) is 6.30. The zero-order valence-corrected chi connectivity index (χ0v) is 11.2. The second kappa shape index (κ2) is 5.46. The van der Waals surface area contributed by atoms with E-state index in [-0.39, 0.29) is 5.56 Å². The molecule has 1 aromatic heterocycles. The number of nitrogens with zero attached hydrogens (tertiary/aromatic N) is 5. The zero-order valence-electron chi connectivity index (χ0n) is 11.2. The van der Waals surface area contributed by atoms with Gasteiger partial charge in [0.05, 0.1) is 22.9 Å². The van der Waals surface area contributed by atoms with E-state index >= 15 is 0 Å². The van der Waals surface area contributed by atoms with E-state index in [4.69, 9.17) is 5.26 Å². The summed E-state index contributed by atoms with van der Waals surface area (Å²) in [7, 11) is 0. The Bertz CT molecular complexity index is 881. The average molecular weight is 291 g/mol. The van der Waals surface area contributed by atoms with Gasteiger partial charge in [0.15, 0.2) is 0 Å². The van der Waals surface area contributed by atoms with Crippen LogP contribution in [-0.4, -0.2) is 31.3 Å². The molecular formula is C15H9N5O2. The van der Waals surface area contributed by atoms with Crippen molar-refractivity contribution in [3.05, 3.63) is 59.9 Å². The number of carbonyl (C=O) groups is 1. The third kappa shape index (κ3) is 2.41. The minimum Gasteiger partial charge on any atom is -0.478 e. The van der Waals surface area contributed by atoms with Gasteiger partial charge in [-0.25, -0.2) is 4.79 Å². The van der Waals surface area contributed by atoms with Crippen molar-refractivity contribution in [2.75, 3.05) is 0 Å². The Kier molecular flexibility index (Phi) is 3.34. The van der Waals surface area contributed by atoms with E-state index in [1.807, 2.05) is 6.07 Å². The second-order valence-corrected chi connectivity index (χ2v) is 4.48. The maximum absolute atomic E-state index is 11.5. The van der Waals surface area contributed by atoms with Crippen molar-refractivity contribution in [3.63, 3.8) is 0 Å². The zero-order chi connectivity index (χ0) is 15.5. The van der Waals surface area contributed by atoms with Gasteiger partial charge >= 0.3 is 5.97 Å². The summed E-state index contributed by atoms with van der Waals surface area (Å²) in [6.45, 7) is 0. The van der Waals surface area contributed by atoms with Crippen LogP contribution in [0.1, 0.15) is 15.9 Å². The molecule has 106 valence electrons. The molecule has 1 N–H and O–H groups in total. The Morgan fingerprint density at radius 1 is 1.18 bits per heavy atom. The molecule has 7 heteroatoms. The summed E-state index contributed by atoms with van der Waals surface area (Å²) in [5.74, 6) is -1.08.